The summed E-state index contributed by atoms with van der Waals surface area (Å²) < 4.78 is 0. The quantitative estimate of drug-likeness (QED) is 0.850. The highest BCUT2D eigenvalue weighted by molar-refractivity contribution is 5.77. The standard InChI is InChI=1S/C14H19N3O2/c1-8(2)5-12(14(18)19)17-13-11(7-15)9(3)6-10(4)16-13/h6,8,12H,5H2,1-4H3,(H,16,17)(H,18,19). The zero-order chi connectivity index (χ0) is 14.6. The van der Waals surface area contributed by atoms with Crippen LogP contribution in [0.4, 0.5) is 5.82 Å². The number of aryl methyl sites for hydroxylation is 2. The Morgan fingerprint density at radius 2 is 2.16 bits per heavy atom. The second-order valence-corrected chi connectivity index (χ2v) is 5.08. The van der Waals surface area contributed by atoms with Gasteiger partial charge in [-0.15, -0.1) is 0 Å². The molecule has 102 valence electrons. The van der Waals surface area contributed by atoms with E-state index in [0.29, 0.717) is 17.8 Å². The van der Waals surface area contributed by atoms with Gasteiger partial charge in [-0.3, -0.25) is 0 Å². The van der Waals surface area contributed by atoms with Crippen molar-refractivity contribution in [3.63, 3.8) is 0 Å². The fraction of sp³-hybridized carbons (Fsp3) is 0.500. The molecule has 19 heavy (non-hydrogen) atoms. The van der Waals surface area contributed by atoms with Crippen molar-refractivity contribution < 1.29 is 9.90 Å². The maximum atomic E-state index is 11.2. The minimum Gasteiger partial charge on any atom is -0.480 e. The number of hydrogen-bond donors (Lipinski definition) is 2. The van der Waals surface area contributed by atoms with Gasteiger partial charge in [0.25, 0.3) is 0 Å². The lowest BCUT2D eigenvalue weighted by Gasteiger charge is -2.18. The molecule has 5 nitrogen and oxygen atoms in total. The molecule has 1 heterocycles. The fourth-order valence-electron chi connectivity index (χ4n) is 1.94. The van der Waals surface area contributed by atoms with E-state index >= 15 is 0 Å². The molecule has 0 amide bonds. The minimum atomic E-state index is -0.932. The van der Waals surface area contributed by atoms with Crippen LogP contribution in [0.1, 0.15) is 37.1 Å². The third-order valence-electron chi connectivity index (χ3n) is 2.77. The van der Waals surface area contributed by atoms with E-state index in [1.165, 1.54) is 0 Å². The molecule has 0 spiro atoms. The number of pyridine rings is 1. The third-order valence-corrected chi connectivity index (χ3v) is 2.77. The molecule has 1 unspecified atom stereocenters. The van der Waals surface area contributed by atoms with Crippen LogP contribution in [-0.4, -0.2) is 22.1 Å². The molecule has 1 aromatic heterocycles. The van der Waals surface area contributed by atoms with E-state index in [1.807, 2.05) is 33.8 Å². The van der Waals surface area contributed by atoms with Crippen molar-refractivity contribution in [1.29, 1.82) is 5.26 Å². The maximum absolute atomic E-state index is 11.2. The van der Waals surface area contributed by atoms with Crippen molar-refractivity contribution in [2.45, 2.75) is 40.2 Å². The Morgan fingerprint density at radius 3 is 2.63 bits per heavy atom. The molecule has 2 N–H and O–H groups in total. The highest BCUT2D eigenvalue weighted by atomic mass is 16.4. The molecule has 0 saturated carbocycles. The van der Waals surface area contributed by atoms with Crippen LogP contribution in [0, 0.1) is 31.1 Å². The van der Waals surface area contributed by atoms with E-state index in [2.05, 4.69) is 16.4 Å². The van der Waals surface area contributed by atoms with Crippen molar-refractivity contribution in [2.24, 2.45) is 5.92 Å². The number of aliphatic carboxylic acids is 1. The molecule has 0 bridgehead atoms. The van der Waals surface area contributed by atoms with Gasteiger partial charge in [-0.05, 0) is 37.8 Å². The minimum absolute atomic E-state index is 0.241. The van der Waals surface area contributed by atoms with Crippen LogP contribution < -0.4 is 5.32 Å². The molecule has 0 saturated heterocycles. The zero-order valence-electron chi connectivity index (χ0n) is 11.7. The van der Waals surface area contributed by atoms with Gasteiger partial charge in [0.2, 0.25) is 0 Å². The molecule has 0 radical (unpaired) electrons. The Bertz CT molecular complexity index is 518. The van der Waals surface area contributed by atoms with Gasteiger partial charge in [-0.1, -0.05) is 13.8 Å². The van der Waals surface area contributed by atoms with Gasteiger partial charge in [-0.25, -0.2) is 9.78 Å². The number of carbonyl (C=O) groups is 1. The lowest BCUT2D eigenvalue weighted by molar-refractivity contribution is -0.138. The highest BCUT2D eigenvalue weighted by Crippen LogP contribution is 2.20. The number of nitrogens with one attached hydrogen (secondary N) is 1. The molecule has 5 heteroatoms. The lowest BCUT2D eigenvalue weighted by Crippen LogP contribution is -2.31. The SMILES string of the molecule is Cc1cc(C)c(C#N)c(NC(CC(C)C)C(=O)O)n1. The van der Waals surface area contributed by atoms with Crippen molar-refractivity contribution >= 4 is 11.8 Å². The smallest absolute Gasteiger partial charge is 0.326 e. The van der Waals surface area contributed by atoms with E-state index in [0.717, 1.165) is 11.3 Å². The predicted octanol–water partition coefficient (Wildman–Crippen LogP) is 2.48. The number of nitrogens with zero attached hydrogens (tertiary/aromatic N) is 2. The lowest BCUT2D eigenvalue weighted by atomic mass is 10.0. The van der Waals surface area contributed by atoms with Crippen molar-refractivity contribution in [3.05, 3.63) is 22.9 Å². The molecule has 0 aliphatic carbocycles. The van der Waals surface area contributed by atoms with E-state index in [1.54, 1.807) is 0 Å². The van der Waals surface area contributed by atoms with Crippen LogP contribution in [0.3, 0.4) is 0 Å². The highest BCUT2D eigenvalue weighted by Gasteiger charge is 2.21. The van der Waals surface area contributed by atoms with Gasteiger partial charge >= 0.3 is 5.97 Å². The summed E-state index contributed by atoms with van der Waals surface area (Å²) in [6.07, 6.45) is 0.481. The topological polar surface area (TPSA) is 86.0 Å². The molecule has 0 fully saturated rings. The summed E-state index contributed by atoms with van der Waals surface area (Å²) in [5.74, 6) is -0.336. The summed E-state index contributed by atoms with van der Waals surface area (Å²) in [7, 11) is 0. The van der Waals surface area contributed by atoms with Gasteiger partial charge in [0.05, 0.1) is 5.56 Å². The Balaban J connectivity index is 3.09. The number of nitriles is 1. The normalized spacial score (nSPS) is 12.0. The van der Waals surface area contributed by atoms with Crippen LogP contribution in [-0.2, 0) is 4.79 Å². The number of anilines is 1. The van der Waals surface area contributed by atoms with Crippen LogP contribution in [0.2, 0.25) is 0 Å². The zero-order valence-corrected chi connectivity index (χ0v) is 11.7. The number of carboxylic acid groups (broad SMARTS) is 1. The number of carboxylic acids is 1. The van der Waals surface area contributed by atoms with E-state index in [4.69, 9.17) is 5.26 Å². The van der Waals surface area contributed by atoms with Gasteiger partial charge < -0.3 is 10.4 Å². The molecule has 0 aliphatic heterocycles. The number of hydrogen-bond acceptors (Lipinski definition) is 4. The summed E-state index contributed by atoms with van der Waals surface area (Å²) in [5.41, 5.74) is 1.96. The average Bonchev–Trinajstić information content (AvgIpc) is 2.26. The first kappa shape index (κ1) is 15.0. The van der Waals surface area contributed by atoms with Gasteiger partial charge in [-0.2, -0.15) is 5.26 Å². The Labute approximate surface area is 113 Å². The van der Waals surface area contributed by atoms with Gasteiger partial charge in [0, 0.05) is 5.69 Å². The summed E-state index contributed by atoms with van der Waals surface area (Å²) in [6.45, 7) is 7.55. The van der Waals surface area contributed by atoms with E-state index in [-0.39, 0.29) is 5.92 Å². The predicted molar refractivity (Wildman–Crippen MR) is 72.9 cm³/mol. The van der Waals surface area contributed by atoms with E-state index in [9.17, 15) is 9.90 Å². The molecule has 1 atom stereocenters. The first-order chi connectivity index (χ1) is 8.85. The summed E-state index contributed by atoms with van der Waals surface area (Å²) >= 11 is 0. The summed E-state index contributed by atoms with van der Waals surface area (Å²) in [5, 5.41) is 21.2. The average molecular weight is 261 g/mol. The molecule has 1 aromatic rings. The first-order valence-electron chi connectivity index (χ1n) is 6.22. The van der Waals surface area contributed by atoms with Crippen LogP contribution in [0.25, 0.3) is 0 Å². The first-order valence-corrected chi connectivity index (χ1v) is 6.22. The molecular weight excluding hydrogens is 242 g/mol. The fourth-order valence-corrected chi connectivity index (χ4v) is 1.94. The Hall–Kier alpha value is -2.09. The molecule has 0 aromatic carbocycles. The Kier molecular flexibility index (Phi) is 4.87. The van der Waals surface area contributed by atoms with Crippen molar-refractivity contribution in [2.75, 3.05) is 5.32 Å². The monoisotopic (exact) mass is 261 g/mol. The Morgan fingerprint density at radius 1 is 1.53 bits per heavy atom. The summed E-state index contributed by atoms with van der Waals surface area (Å²) in [6, 6.07) is 3.14. The number of aromatic nitrogens is 1. The molecule has 0 aliphatic rings. The molecular formula is C14H19N3O2. The number of rotatable bonds is 5. The maximum Gasteiger partial charge on any atom is 0.326 e. The van der Waals surface area contributed by atoms with Crippen molar-refractivity contribution in [3.8, 4) is 6.07 Å². The third kappa shape index (κ3) is 3.95. The second-order valence-electron chi connectivity index (χ2n) is 5.08. The van der Waals surface area contributed by atoms with Crippen molar-refractivity contribution in [1.82, 2.24) is 4.98 Å². The van der Waals surface area contributed by atoms with Gasteiger partial charge in [0.1, 0.15) is 17.9 Å². The molecule has 1 rings (SSSR count). The van der Waals surface area contributed by atoms with Crippen LogP contribution in [0.5, 0.6) is 0 Å². The van der Waals surface area contributed by atoms with Crippen LogP contribution in [0.15, 0.2) is 6.07 Å². The van der Waals surface area contributed by atoms with E-state index < -0.39 is 12.0 Å². The van der Waals surface area contributed by atoms with Gasteiger partial charge in [0.15, 0.2) is 0 Å². The summed E-state index contributed by atoms with van der Waals surface area (Å²) in [4.78, 5) is 15.5. The van der Waals surface area contributed by atoms with Crippen LogP contribution >= 0.6 is 0 Å². The second kappa shape index (κ2) is 6.19. The largest absolute Gasteiger partial charge is 0.480 e.